The van der Waals surface area contributed by atoms with E-state index >= 15 is 0 Å². The summed E-state index contributed by atoms with van der Waals surface area (Å²) in [6.45, 7) is 0.389. The number of aromatic nitrogens is 2. The molecule has 0 fully saturated rings. The van der Waals surface area contributed by atoms with Crippen molar-refractivity contribution < 1.29 is 19.1 Å². The summed E-state index contributed by atoms with van der Waals surface area (Å²) in [6.07, 6.45) is 2.46. The Morgan fingerprint density at radius 2 is 1.96 bits per heavy atom. The molecule has 2 N–H and O–H groups in total. The van der Waals surface area contributed by atoms with Gasteiger partial charge in [0.2, 0.25) is 5.91 Å². The van der Waals surface area contributed by atoms with Crippen molar-refractivity contribution in [3.8, 4) is 11.5 Å². The number of carbonyl (C=O) groups is 2. The number of benzene rings is 1. The van der Waals surface area contributed by atoms with E-state index in [2.05, 4.69) is 15.6 Å². The average molecular weight is 402 g/mol. The molecule has 0 aliphatic carbocycles. The number of hydrogen-bond donors (Lipinski definition) is 2. The Kier molecular flexibility index (Phi) is 6.15. The topological polar surface area (TPSA) is 94.5 Å². The number of anilines is 1. The van der Waals surface area contributed by atoms with Crippen LogP contribution >= 0.6 is 11.3 Å². The summed E-state index contributed by atoms with van der Waals surface area (Å²) < 4.78 is 12.6. The fourth-order valence-electron chi connectivity index (χ4n) is 2.98. The van der Waals surface area contributed by atoms with Crippen molar-refractivity contribution in [3.05, 3.63) is 35.5 Å². The minimum atomic E-state index is -0.219. The van der Waals surface area contributed by atoms with Gasteiger partial charge in [-0.1, -0.05) is 0 Å². The summed E-state index contributed by atoms with van der Waals surface area (Å²) in [4.78, 5) is 28.5. The molecule has 9 heteroatoms. The van der Waals surface area contributed by atoms with E-state index < -0.39 is 0 Å². The number of amides is 2. The first-order valence-corrected chi connectivity index (χ1v) is 9.61. The second kappa shape index (κ2) is 8.75. The van der Waals surface area contributed by atoms with Crippen LogP contribution in [0.15, 0.2) is 29.8 Å². The molecule has 1 aromatic carbocycles. The molecule has 2 aromatic heterocycles. The largest absolute Gasteiger partial charge is 0.496 e. The maximum absolute atomic E-state index is 12.6. The van der Waals surface area contributed by atoms with E-state index in [-0.39, 0.29) is 11.8 Å². The zero-order chi connectivity index (χ0) is 20.1. The van der Waals surface area contributed by atoms with Crippen LogP contribution in [-0.4, -0.2) is 42.1 Å². The Morgan fingerprint density at radius 1 is 1.21 bits per heavy atom. The number of rotatable bonds is 8. The highest BCUT2D eigenvalue weighted by Crippen LogP contribution is 2.35. The number of nitrogens with zero attached hydrogens (tertiary/aromatic N) is 2. The molecule has 0 radical (unpaired) electrons. The fourth-order valence-corrected chi connectivity index (χ4v) is 3.52. The highest BCUT2D eigenvalue weighted by Gasteiger charge is 2.18. The van der Waals surface area contributed by atoms with Gasteiger partial charge in [-0.15, -0.1) is 11.3 Å². The number of fused-ring (bicyclic) bond motifs is 1. The van der Waals surface area contributed by atoms with Crippen molar-refractivity contribution in [3.63, 3.8) is 0 Å². The molecule has 0 bridgehead atoms. The molecule has 8 nitrogen and oxygen atoms in total. The Balaban J connectivity index is 1.62. The molecule has 0 aliphatic rings. The smallest absolute Gasteiger partial charge is 0.267 e. The maximum Gasteiger partial charge on any atom is 0.267 e. The van der Waals surface area contributed by atoms with Crippen LogP contribution in [0.3, 0.4) is 0 Å². The zero-order valence-corrected chi connectivity index (χ0v) is 16.8. The van der Waals surface area contributed by atoms with Gasteiger partial charge in [0.25, 0.3) is 5.91 Å². The monoisotopic (exact) mass is 402 g/mol. The van der Waals surface area contributed by atoms with Gasteiger partial charge in [-0.05, 0) is 24.6 Å². The summed E-state index contributed by atoms with van der Waals surface area (Å²) in [7, 11) is 4.98. The van der Waals surface area contributed by atoms with E-state index in [1.807, 2.05) is 12.1 Å². The number of methoxy groups -OCH3 is 2. The molecule has 0 saturated carbocycles. The summed E-state index contributed by atoms with van der Waals surface area (Å²) in [5.74, 6) is 0.993. The van der Waals surface area contributed by atoms with E-state index in [1.165, 1.54) is 11.3 Å². The Hall–Kier alpha value is -3.07. The van der Waals surface area contributed by atoms with Crippen LogP contribution in [0, 0.1) is 0 Å². The highest BCUT2D eigenvalue weighted by atomic mass is 32.1. The van der Waals surface area contributed by atoms with Gasteiger partial charge < -0.3 is 24.7 Å². The fraction of sp³-hybridized carbons (Fsp3) is 0.316. The number of nitrogens with one attached hydrogen (secondary N) is 2. The lowest BCUT2D eigenvalue weighted by molar-refractivity contribution is -0.116. The lowest BCUT2D eigenvalue weighted by Gasteiger charge is -2.09. The molecule has 3 rings (SSSR count). The van der Waals surface area contributed by atoms with E-state index in [1.54, 1.807) is 43.5 Å². The number of thiazole rings is 1. The van der Waals surface area contributed by atoms with Gasteiger partial charge in [0.05, 0.1) is 19.7 Å². The first kappa shape index (κ1) is 19.7. The molecule has 148 valence electrons. The van der Waals surface area contributed by atoms with Crippen molar-refractivity contribution in [2.45, 2.75) is 12.8 Å². The van der Waals surface area contributed by atoms with Crippen LogP contribution in [0.2, 0.25) is 0 Å². The summed E-state index contributed by atoms with van der Waals surface area (Å²) in [5, 5.41) is 8.75. The highest BCUT2D eigenvalue weighted by molar-refractivity contribution is 7.13. The van der Waals surface area contributed by atoms with Crippen LogP contribution in [0.25, 0.3) is 10.9 Å². The third-order valence-electron chi connectivity index (χ3n) is 4.34. The van der Waals surface area contributed by atoms with Gasteiger partial charge in [-0.25, -0.2) is 4.98 Å². The second-order valence-electron chi connectivity index (χ2n) is 6.07. The standard InChI is InChI=1S/C19H22N4O4S/c1-23-13(11-12-14(26-2)6-7-15(27-3)17(12)23)18(25)20-8-4-5-16(24)22-19-21-9-10-28-19/h6-7,9-11H,4-5,8H2,1-3H3,(H,20,25)(H,21,22,24). The average Bonchev–Trinajstić information content (AvgIpc) is 3.32. The molecule has 0 unspecified atom stereocenters. The molecule has 0 spiro atoms. The van der Waals surface area contributed by atoms with Gasteiger partial charge in [0, 0.05) is 37.0 Å². The van der Waals surface area contributed by atoms with Crippen LogP contribution < -0.4 is 20.1 Å². The molecule has 0 aliphatic heterocycles. The number of hydrogen-bond acceptors (Lipinski definition) is 6. The van der Waals surface area contributed by atoms with E-state index in [4.69, 9.17) is 9.47 Å². The van der Waals surface area contributed by atoms with Crippen molar-refractivity contribution in [2.75, 3.05) is 26.1 Å². The molecule has 28 heavy (non-hydrogen) atoms. The molecule has 3 aromatic rings. The maximum atomic E-state index is 12.6. The van der Waals surface area contributed by atoms with E-state index in [0.717, 1.165) is 10.9 Å². The quantitative estimate of drug-likeness (QED) is 0.565. The van der Waals surface area contributed by atoms with Crippen molar-refractivity contribution in [2.24, 2.45) is 7.05 Å². The van der Waals surface area contributed by atoms with Gasteiger partial charge in [-0.2, -0.15) is 0 Å². The lowest BCUT2D eigenvalue weighted by Crippen LogP contribution is -2.27. The Labute approximate surface area is 166 Å². The predicted octanol–water partition coefficient (Wildman–Crippen LogP) is 2.80. The summed E-state index contributed by atoms with van der Waals surface area (Å²) in [5.41, 5.74) is 1.28. The van der Waals surface area contributed by atoms with Gasteiger partial charge in [-0.3, -0.25) is 9.59 Å². The SMILES string of the molecule is COc1ccc(OC)c2c1cc(C(=O)NCCCC(=O)Nc1nccs1)n2C. The minimum absolute atomic E-state index is 0.122. The Morgan fingerprint density at radius 3 is 2.64 bits per heavy atom. The van der Waals surface area contributed by atoms with Crippen LogP contribution in [-0.2, 0) is 11.8 Å². The molecule has 2 amide bonds. The van der Waals surface area contributed by atoms with Gasteiger partial charge >= 0.3 is 0 Å². The Bertz CT molecular complexity index is 982. The van der Waals surface area contributed by atoms with Crippen LogP contribution in [0.1, 0.15) is 23.3 Å². The third-order valence-corrected chi connectivity index (χ3v) is 5.02. The van der Waals surface area contributed by atoms with Crippen molar-refractivity contribution in [1.82, 2.24) is 14.9 Å². The second-order valence-corrected chi connectivity index (χ2v) is 6.96. The number of aryl methyl sites for hydroxylation is 1. The van der Waals surface area contributed by atoms with Gasteiger partial charge in [0.15, 0.2) is 5.13 Å². The lowest BCUT2D eigenvalue weighted by atomic mass is 10.2. The molecular formula is C19H22N4O4S. The molecule has 2 heterocycles. The van der Waals surface area contributed by atoms with Crippen molar-refractivity contribution >= 4 is 39.2 Å². The van der Waals surface area contributed by atoms with Crippen LogP contribution in [0.5, 0.6) is 11.5 Å². The molecular weight excluding hydrogens is 380 g/mol. The molecule has 0 saturated heterocycles. The normalized spacial score (nSPS) is 10.7. The van der Waals surface area contributed by atoms with Crippen LogP contribution in [0.4, 0.5) is 5.13 Å². The summed E-state index contributed by atoms with van der Waals surface area (Å²) >= 11 is 1.37. The van der Waals surface area contributed by atoms with Crippen molar-refractivity contribution in [1.29, 1.82) is 0 Å². The number of ether oxygens (including phenoxy) is 2. The third kappa shape index (κ3) is 4.09. The minimum Gasteiger partial charge on any atom is -0.496 e. The first-order chi connectivity index (χ1) is 13.5. The van der Waals surface area contributed by atoms with Gasteiger partial charge in [0.1, 0.15) is 17.2 Å². The number of carbonyl (C=O) groups excluding carboxylic acids is 2. The van der Waals surface area contributed by atoms with E-state index in [0.29, 0.717) is 41.7 Å². The molecule has 0 atom stereocenters. The van der Waals surface area contributed by atoms with E-state index in [9.17, 15) is 9.59 Å². The zero-order valence-electron chi connectivity index (χ0n) is 15.9. The first-order valence-electron chi connectivity index (χ1n) is 8.73. The predicted molar refractivity (Wildman–Crippen MR) is 108 cm³/mol. The summed E-state index contributed by atoms with van der Waals surface area (Å²) in [6, 6.07) is 5.40.